The number of pyridine rings is 1. The molecule has 3 heterocycles. The van der Waals surface area contributed by atoms with Crippen LogP contribution in [-0.4, -0.2) is 70.8 Å². The number of carbonyl (C=O) groups is 1. The molecule has 0 aromatic carbocycles. The van der Waals surface area contributed by atoms with Crippen molar-refractivity contribution in [3.05, 3.63) is 42.0 Å². The molecule has 0 unspecified atom stereocenters. The van der Waals surface area contributed by atoms with Crippen LogP contribution in [0.3, 0.4) is 0 Å². The Morgan fingerprint density at radius 1 is 1.07 bits per heavy atom. The van der Waals surface area contributed by atoms with Crippen molar-refractivity contribution >= 4 is 16.9 Å². The van der Waals surface area contributed by atoms with Gasteiger partial charge in [-0.2, -0.15) is 0 Å². The molecule has 0 aliphatic heterocycles. The van der Waals surface area contributed by atoms with Gasteiger partial charge >= 0.3 is 0 Å². The van der Waals surface area contributed by atoms with Gasteiger partial charge in [0.2, 0.25) is 5.91 Å². The van der Waals surface area contributed by atoms with Gasteiger partial charge in [-0.1, -0.05) is 12.8 Å². The molecule has 1 saturated carbocycles. The van der Waals surface area contributed by atoms with Crippen LogP contribution in [0, 0.1) is 23.5 Å². The van der Waals surface area contributed by atoms with Gasteiger partial charge in [0.05, 0.1) is 31.3 Å². The van der Waals surface area contributed by atoms with E-state index in [1.165, 1.54) is 12.3 Å². The fraction of sp³-hybridized carbons (Fsp3) is 0.600. The van der Waals surface area contributed by atoms with Crippen LogP contribution in [0.15, 0.2) is 24.7 Å². The molecule has 0 saturated heterocycles. The predicted molar refractivity (Wildman–Crippen MR) is 150 cm³/mol. The highest BCUT2D eigenvalue weighted by atomic mass is 19.1. The van der Waals surface area contributed by atoms with E-state index in [0.29, 0.717) is 66.7 Å². The van der Waals surface area contributed by atoms with Gasteiger partial charge < -0.3 is 19.4 Å². The molecule has 1 fully saturated rings. The van der Waals surface area contributed by atoms with Crippen molar-refractivity contribution in [3.8, 4) is 11.4 Å². The number of fused-ring (bicyclic) bond motifs is 1. The molecule has 0 bridgehead atoms. The minimum absolute atomic E-state index is 0.175. The average molecular weight is 558 g/mol. The minimum atomic E-state index is -0.456. The molecule has 40 heavy (non-hydrogen) atoms. The average Bonchev–Trinajstić information content (AvgIpc) is 3.36. The summed E-state index contributed by atoms with van der Waals surface area (Å²) in [4.78, 5) is 30.5. The maximum Gasteiger partial charge on any atom is 0.222 e. The third-order valence-corrected chi connectivity index (χ3v) is 7.68. The summed E-state index contributed by atoms with van der Waals surface area (Å²) in [5.41, 5.74) is 1.48. The van der Waals surface area contributed by atoms with Gasteiger partial charge in [0.25, 0.3) is 0 Å². The molecule has 3 aromatic heterocycles. The summed E-state index contributed by atoms with van der Waals surface area (Å²) in [5, 5.41) is 0.559. The van der Waals surface area contributed by atoms with Crippen LogP contribution in [0.2, 0.25) is 0 Å². The molecule has 218 valence electrons. The van der Waals surface area contributed by atoms with E-state index >= 15 is 0 Å². The molecule has 8 nitrogen and oxygen atoms in total. The number of nitrogens with one attached hydrogen (secondary N) is 1. The van der Waals surface area contributed by atoms with Crippen LogP contribution >= 0.6 is 0 Å². The smallest absolute Gasteiger partial charge is 0.222 e. The zero-order chi connectivity index (χ0) is 28.3. The number of halogens is 2. The summed E-state index contributed by atoms with van der Waals surface area (Å²) in [5.74, 6) is 0.164. The van der Waals surface area contributed by atoms with Crippen molar-refractivity contribution in [1.82, 2.24) is 24.8 Å². The van der Waals surface area contributed by atoms with Crippen molar-refractivity contribution in [2.24, 2.45) is 11.8 Å². The van der Waals surface area contributed by atoms with Crippen molar-refractivity contribution in [1.29, 1.82) is 0 Å². The van der Waals surface area contributed by atoms with Crippen molar-refractivity contribution in [3.63, 3.8) is 0 Å². The molecule has 0 radical (unpaired) electrons. The third-order valence-electron chi connectivity index (χ3n) is 7.68. The highest BCUT2D eigenvalue weighted by Gasteiger charge is 2.26. The van der Waals surface area contributed by atoms with Gasteiger partial charge in [0.15, 0.2) is 11.6 Å². The number of H-pyrrole nitrogens is 1. The topological polar surface area (TPSA) is 93.2 Å². The van der Waals surface area contributed by atoms with E-state index in [4.69, 9.17) is 9.47 Å². The maximum absolute atomic E-state index is 14.7. The number of hydrogen-bond donors (Lipinski definition) is 1. The Morgan fingerprint density at radius 2 is 1.90 bits per heavy atom. The van der Waals surface area contributed by atoms with E-state index in [0.717, 1.165) is 64.3 Å². The quantitative estimate of drug-likeness (QED) is 0.240. The lowest BCUT2D eigenvalue weighted by Gasteiger charge is -2.30. The molecule has 4 rings (SSSR count). The Morgan fingerprint density at radius 3 is 2.75 bits per heavy atom. The van der Waals surface area contributed by atoms with Gasteiger partial charge in [-0.05, 0) is 63.4 Å². The zero-order valence-corrected chi connectivity index (χ0v) is 23.6. The van der Waals surface area contributed by atoms with E-state index in [-0.39, 0.29) is 11.8 Å². The summed E-state index contributed by atoms with van der Waals surface area (Å²) >= 11 is 0. The first-order chi connectivity index (χ1) is 19.4. The number of hydrogen-bond acceptors (Lipinski definition) is 6. The summed E-state index contributed by atoms with van der Waals surface area (Å²) < 4.78 is 39.3. The van der Waals surface area contributed by atoms with E-state index in [1.54, 1.807) is 6.20 Å². The Bertz CT molecular complexity index is 1240. The summed E-state index contributed by atoms with van der Waals surface area (Å²) in [7, 11) is 1.88. The number of carbonyl (C=O) groups excluding carboxylic acids is 1. The van der Waals surface area contributed by atoms with Gasteiger partial charge in [-0.3, -0.25) is 4.79 Å². The van der Waals surface area contributed by atoms with Gasteiger partial charge in [-0.15, -0.1) is 0 Å². The number of aromatic nitrogens is 4. The number of unbranched alkanes of at least 4 members (excludes halogenated alkanes) is 2. The van der Waals surface area contributed by atoms with Crippen LogP contribution in [0.25, 0.3) is 22.4 Å². The first kappa shape index (κ1) is 30.0. The second-order valence-corrected chi connectivity index (χ2v) is 10.7. The van der Waals surface area contributed by atoms with Crippen molar-refractivity contribution in [2.45, 2.75) is 64.7 Å². The van der Waals surface area contributed by atoms with Crippen LogP contribution in [0.4, 0.5) is 8.78 Å². The molecular formula is C30H41F2N5O3. The van der Waals surface area contributed by atoms with Gasteiger partial charge in [0, 0.05) is 50.4 Å². The lowest BCUT2D eigenvalue weighted by atomic mass is 9.77. The lowest BCUT2D eigenvalue weighted by Crippen LogP contribution is -2.31. The number of amides is 1. The number of ether oxygens (including phenoxy) is 2. The third kappa shape index (κ3) is 8.51. The molecule has 1 N–H and O–H groups in total. The van der Waals surface area contributed by atoms with E-state index in [2.05, 4.69) is 19.9 Å². The van der Waals surface area contributed by atoms with E-state index in [9.17, 15) is 13.6 Å². The fourth-order valence-electron chi connectivity index (χ4n) is 5.51. The number of aromatic amines is 1. The second-order valence-electron chi connectivity index (χ2n) is 10.7. The first-order valence-corrected chi connectivity index (χ1v) is 14.5. The molecule has 3 aromatic rings. The summed E-state index contributed by atoms with van der Waals surface area (Å²) in [6.07, 6.45) is 11.9. The van der Waals surface area contributed by atoms with E-state index < -0.39 is 11.6 Å². The van der Waals surface area contributed by atoms with Gasteiger partial charge in [0.1, 0.15) is 11.5 Å². The highest BCUT2D eigenvalue weighted by molar-refractivity contribution is 5.91. The predicted octanol–water partition coefficient (Wildman–Crippen LogP) is 5.72. The Labute approximate surface area is 234 Å². The van der Waals surface area contributed by atoms with Crippen LogP contribution < -0.4 is 0 Å². The zero-order valence-electron chi connectivity index (χ0n) is 23.6. The Hall–Kier alpha value is -2.98. The Balaban J connectivity index is 1.24. The molecule has 1 aliphatic carbocycles. The monoisotopic (exact) mass is 557 g/mol. The van der Waals surface area contributed by atoms with Crippen LogP contribution in [0.5, 0.6) is 0 Å². The largest absolute Gasteiger partial charge is 0.379 e. The minimum Gasteiger partial charge on any atom is -0.379 e. The van der Waals surface area contributed by atoms with Gasteiger partial charge in [-0.25, -0.2) is 23.7 Å². The fourth-order valence-corrected chi connectivity index (χ4v) is 5.51. The lowest BCUT2D eigenvalue weighted by molar-refractivity contribution is -0.131. The molecular weight excluding hydrogens is 516 g/mol. The maximum atomic E-state index is 14.7. The van der Waals surface area contributed by atoms with Crippen molar-refractivity contribution < 1.29 is 23.0 Å². The number of nitrogens with zero attached hydrogens (tertiary/aromatic N) is 4. The van der Waals surface area contributed by atoms with E-state index in [1.807, 2.05) is 18.9 Å². The molecule has 0 spiro atoms. The highest BCUT2D eigenvalue weighted by Crippen LogP contribution is 2.34. The van der Waals surface area contributed by atoms with Crippen LogP contribution in [0.1, 0.15) is 64.0 Å². The number of rotatable bonds is 15. The molecule has 1 aliphatic rings. The summed E-state index contributed by atoms with van der Waals surface area (Å²) in [6.45, 7) is 5.41. The van der Waals surface area contributed by atoms with Crippen molar-refractivity contribution in [2.75, 3.05) is 40.0 Å². The standard InChI is InChI=1S/C30H41F2N5O3/c1-3-39-12-13-40-11-6-4-5-10-37(2)28(38)16-22-9-7-8-21(14-22)15-27-26(32)20-35-30(36-27)25-19-34-29-24(25)17-23(31)18-33-29/h17-22H,3-16H2,1-2H3,(H,33,34)/t21-,22+/m0/s1. The molecule has 2 atom stereocenters. The Kier molecular flexibility index (Phi) is 11.3. The SMILES string of the molecule is CCOCCOCCCCCN(C)C(=O)C[C@@H]1CCC[C@H](Cc2nc(-c3c[nH]c4ncc(F)cc34)ncc2F)C1. The first-order valence-electron chi connectivity index (χ1n) is 14.5. The summed E-state index contributed by atoms with van der Waals surface area (Å²) in [6, 6.07) is 1.38. The van der Waals surface area contributed by atoms with Crippen LogP contribution in [-0.2, 0) is 20.7 Å². The second kappa shape index (κ2) is 15.1. The normalized spacial score (nSPS) is 17.4. The molecule has 1 amide bonds. The molecule has 10 heteroatoms.